The quantitative estimate of drug-likeness (QED) is 0.542. The van der Waals surface area contributed by atoms with Crippen LogP contribution in [0.3, 0.4) is 0 Å². The molecule has 0 radical (unpaired) electrons. The van der Waals surface area contributed by atoms with Gasteiger partial charge in [-0.3, -0.25) is 4.79 Å². The van der Waals surface area contributed by atoms with Gasteiger partial charge in [-0.15, -0.1) is 5.10 Å². The first kappa shape index (κ1) is 17.5. The largest absolute Gasteiger partial charge is 0.434 e. The molecule has 1 heterocycles. The summed E-state index contributed by atoms with van der Waals surface area (Å²) in [7, 11) is 0. The zero-order chi connectivity index (χ0) is 18.5. The summed E-state index contributed by atoms with van der Waals surface area (Å²) >= 11 is 0. The van der Waals surface area contributed by atoms with Crippen molar-refractivity contribution in [2.75, 3.05) is 0 Å². The third kappa shape index (κ3) is 4.00. The number of nitrogens with one attached hydrogen (secondary N) is 1. The molecule has 1 N–H and O–H groups in total. The van der Waals surface area contributed by atoms with Gasteiger partial charge in [0.1, 0.15) is 17.8 Å². The molecule has 2 aromatic carbocycles. The first-order valence-electron chi connectivity index (χ1n) is 7.70. The molecule has 1 amide bonds. The van der Waals surface area contributed by atoms with E-state index in [9.17, 15) is 13.6 Å². The van der Waals surface area contributed by atoms with Crippen molar-refractivity contribution < 1.29 is 18.3 Å². The summed E-state index contributed by atoms with van der Waals surface area (Å²) in [4.78, 5) is 12.1. The number of benzene rings is 2. The minimum Gasteiger partial charge on any atom is -0.434 e. The fourth-order valence-corrected chi connectivity index (χ4v) is 2.38. The van der Waals surface area contributed by atoms with Gasteiger partial charge in [0, 0.05) is 5.56 Å². The Hall–Kier alpha value is -3.36. The van der Waals surface area contributed by atoms with Crippen molar-refractivity contribution in [3.05, 3.63) is 54.1 Å². The summed E-state index contributed by atoms with van der Waals surface area (Å²) in [6.07, 6.45) is 0. The van der Waals surface area contributed by atoms with E-state index in [1.807, 2.05) is 12.1 Å². The van der Waals surface area contributed by atoms with Crippen LogP contribution in [0.4, 0.5) is 8.78 Å². The molecule has 26 heavy (non-hydrogen) atoms. The summed E-state index contributed by atoms with van der Waals surface area (Å²) < 4.78 is 30.8. The first-order valence-corrected chi connectivity index (χ1v) is 7.70. The van der Waals surface area contributed by atoms with Gasteiger partial charge in [0.05, 0.1) is 11.2 Å². The fraction of sp³-hybridized carbons (Fsp3) is 0.176. The number of carbonyl (C=O) groups excluding carboxylic acids is 1. The number of hydrazone groups is 1. The summed E-state index contributed by atoms with van der Waals surface area (Å²) in [6, 6.07) is 13.5. The highest BCUT2D eigenvalue weighted by molar-refractivity contribution is 6.01. The maximum absolute atomic E-state index is 12.5. The maximum atomic E-state index is 12.5. The number of rotatable bonds is 6. The summed E-state index contributed by atoms with van der Waals surface area (Å²) in [5.74, 6) is -0.437. The van der Waals surface area contributed by atoms with Crippen molar-refractivity contribution in [3.8, 4) is 5.75 Å². The number of hydrogen-bond donors (Lipinski definition) is 1. The first-order chi connectivity index (χ1) is 12.5. The second-order valence-corrected chi connectivity index (χ2v) is 5.34. The van der Waals surface area contributed by atoms with Crippen molar-refractivity contribution >= 4 is 22.7 Å². The zero-order valence-corrected chi connectivity index (χ0v) is 13.8. The molecule has 0 bridgehead atoms. The molecule has 0 saturated heterocycles. The molecule has 1 aromatic heterocycles. The van der Waals surface area contributed by atoms with E-state index in [2.05, 4.69) is 25.6 Å². The predicted octanol–water partition coefficient (Wildman–Crippen LogP) is 2.57. The van der Waals surface area contributed by atoms with Gasteiger partial charge >= 0.3 is 6.61 Å². The van der Waals surface area contributed by atoms with Crippen LogP contribution in [0.15, 0.2) is 53.6 Å². The highest BCUT2D eigenvalue weighted by atomic mass is 19.3. The lowest BCUT2D eigenvalue weighted by Crippen LogP contribution is -2.25. The topological polar surface area (TPSA) is 81.4 Å². The molecule has 0 unspecified atom stereocenters. The Bertz CT molecular complexity index is 955. The molecule has 3 aromatic rings. The van der Waals surface area contributed by atoms with Crippen molar-refractivity contribution in [1.29, 1.82) is 0 Å². The Labute approximate surface area is 147 Å². The van der Waals surface area contributed by atoms with Crippen molar-refractivity contribution in [3.63, 3.8) is 0 Å². The molecule has 0 spiro atoms. The Morgan fingerprint density at radius 2 is 1.96 bits per heavy atom. The smallest absolute Gasteiger partial charge is 0.387 e. The van der Waals surface area contributed by atoms with Gasteiger partial charge < -0.3 is 4.74 Å². The summed E-state index contributed by atoms with van der Waals surface area (Å²) in [5.41, 5.74) is 4.47. The van der Waals surface area contributed by atoms with Crippen LogP contribution < -0.4 is 10.2 Å². The molecule has 134 valence electrons. The number of para-hydroxylation sites is 2. The minimum absolute atomic E-state index is 0.0136. The van der Waals surface area contributed by atoms with Crippen molar-refractivity contribution in [2.24, 2.45) is 5.10 Å². The Balaban J connectivity index is 1.70. The molecular formula is C17H15F2N5O2. The van der Waals surface area contributed by atoms with Gasteiger partial charge in [-0.05, 0) is 31.2 Å². The molecule has 0 aliphatic carbocycles. The van der Waals surface area contributed by atoms with Crippen LogP contribution in [0.5, 0.6) is 5.75 Å². The third-order valence-corrected chi connectivity index (χ3v) is 3.55. The van der Waals surface area contributed by atoms with E-state index < -0.39 is 12.5 Å². The van der Waals surface area contributed by atoms with Crippen LogP contribution in [0.25, 0.3) is 11.0 Å². The number of aromatic nitrogens is 3. The van der Waals surface area contributed by atoms with Crippen LogP contribution in [-0.4, -0.2) is 33.2 Å². The number of amides is 1. The number of fused-ring (bicyclic) bond motifs is 1. The molecule has 0 aliphatic heterocycles. The highest BCUT2D eigenvalue weighted by Gasteiger charge is 2.12. The molecule has 0 aliphatic rings. The highest BCUT2D eigenvalue weighted by Crippen LogP contribution is 2.20. The lowest BCUT2D eigenvalue weighted by Gasteiger charge is -2.10. The van der Waals surface area contributed by atoms with E-state index in [0.717, 1.165) is 5.52 Å². The van der Waals surface area contributed by atoms with Gasteiger partial charge in [0.25, 0.3) is 5.91 Å². The number of hydrogen-bond acceptors (Lipinski definition) is 5. The van der Waals surface area contributed by atoms with Crippen molar-refractivity contribution in [1.82, 2.24) is 20.4 Å². The van der Waals surface area contributed by atoms with Gasteiger partial charge in [0.15, 0.2) is 0 Å². The van der Waals surface area contributed by atoms with Crippen LogP contribution in [0.1, 0.15) is 12.5 Å². The average Bonchev–Trinajstić information content (AvgIpc) is 3.03. The number of alkyl halides is 2. The number of nitrogens with zero attached hydrogens (tertiary/aromatic N) is 4. The summed E-state index contributed by atoms with van der Waals surface area (Å²) in [5, 5.41) is 11.8. The Morgan fingerprint density at radius 3 is 2.77 bits per heavy atom. The third-order valence-electron chi connectivity index (χ3n) is 3.55. The molecule has 3 rings (SSSR count). The fourth-order valence-electron chi connectivity index (χ4n) is 2.38. The minimum atomic E-state index is -2.95. The van der Waals surface area contributed by atoms with Gasteiger partial charge in [-0.2, -0.15) is 13.9 Å². The zero-order valence-electron chi connectivity index (χ0n) is 13.8. The lowest BCUT2D eigenvalue weighted by molar-refractivity contribution is -0.121. The van der Waals surface area contributed by atoms with Crippen LogP contribution >= 0.6 is 0 Å². The van der Waals surface area contributed by atoms with E-state index in [1.165, 1.54) is 10.7 Å². The molecule has 0 saturated carbocycles. The van der Waals surface area contributed by atoms with Crippen LogP contribution in [0, 0.1) is 0 Å². The second-order valence-electron chi connectivity index (χ2n) is 5.34. The monoisotopic (exact) mass is 359 g/mol. The van der Waals surface area contributed by atoms with Gasteiger partial charge in [-0.25, -0.2) is 10.1 Å². The van der Waals surface area contributed by atoms with Gasteiger partial charge in [-0.1, -0.05) is 29.5 Å². The molecule has 0 atom stereocenters. The second kappa shape index (κ2) is 7.68. The number of ether oxygens (including phenoxy) is 1. The normalized spacial score (nSPS) is 11.8. The standard InChI is InChI=1S/C17H15F2N5O2/c1-11(12-6-2-5-9-15(12)26-17(18)19)20-22-16(25)10-24-14-8-4-3-7-13(14)21-23-24/h2-9,17H,10H2,1H3,(H,22,25)/b20-11-. The molecule has 0 fully saturated rings. The maximum Gasteiger partial charge on any atom is 0.387 e. The predicted molar refractivity (Wildman–Crippen MR) is 91.0 cm³/mol. The van der Waals surface area contributed by atoms with Crippen LogP contribution in [0.2, 0.25) is 0 Å². The number of halogens is 2. The van der Waals surface area contributed by atoms with E-state index in [0.29, 0.717) is 16.8 Å². The molecule has 9 heteroatoms. The SMILES string of the molecule is C/C(=N/NC(=O)Cn1nnc2ccccc21)c1ccccc1OC(F)F. The number of carbonyl (C=O) groups is 1. The average molecular weight is 359 g/mol. The van der Waals surface area contributed by atoms with E-state index in [4.69, 9.17) is 0 Å². The molecule has 7 nitrogen and oxygen atoms in total. The van der Waals surface area contributed by atoms with Gasteiger partial charge in [0.2, 0.25) is 0 Å². The van der Waals surface area contributed by atoms with E-state index in [1.54, 1.807) is 37.3 Å². The molecular weight excluding hydrogens is 344 g/mol. The lowest BCUT2D eigenvalue weighted by atomic mass is 10.1. The van der Waals surface area contributed by atoms with E-state index in [-0.39, 0.29) is 12.3 Å². The van der Waals surface area contributed by atoms with Crippen molar-refractivity contribution in [2.45, 2.75) is 20.1 Å². The Kier molecular flexibility index (Phi) is 5.16. The van der Waals surface area contributed by atoms with E-state index >= 15 is 0 Å². The van der Waals surface area contributed by atoms with Crippen LogP contribution in [-0.2, 0) is 11.3 Å². The summed E-state index contributed by atoms with van der Waals surface area (Å²) in [6.45, 7) is -1.44. The Morgan fingerprint density at radius 1 is 1.23 bits per heavy atom.